The zero-order chi connectivity index (χ0) is 12.8. The largest absolute Gasteiger partial charge is 0.492 e. The Bertz CT molecular complexity index is 371. The highest BCUT2D eigenvalue weighted by Gasteiger charge is 2.21. The lowest BCUT2D eigenvalue weighted by atomic mass is 10.2. The van der Waals surface area contributed by atoms with Crippen LogP contribution in [-0.4, -0.2) is 44.4 Å². The zero-order valence-corrected chi connectivity index (χ0v) is 11.0. The van der Waals surface area contributed by atoms with Crippen molar-refractivity contribution in [3.8, 4) is 5.75 Å². The summed E-state index contributed by atoms with van der Waals surface area (Å²) in [6.07, 6.45) is 1.51. The molecule has 1 aliphatic rings. The second-order valence-electron chi connectivity index (χ2n) is 4.61. The fourth-order valence-electron chi connectivity index (χ4n) is 2.29. The Hall–Kier alpha value is -1.10. The molecule has 0 aliphatic carbocycles. The Morgan fingerprint density at radius 2 is 2.22 bits per heavy atom. The molecule has 1 saturated heterocycles. The summed E-state index contributed by atoms with van der Waals surface area (Å²) < 4.78 is 11.1. The van der Waals surface area contributed by atoms with E-state index < -0.39 is 0 Å². The highest BCUT2D eigenvalue weighted by atomic mass is 16.5. The Morgan fingerprint density at radius 1 is 1.39 bits per heavy atom. The Balaban J connectivity index is 1.75. The average Bonchev–Trinajstić information content (AvgIpc) is 2.87. The summed E-state index contributed by atoms with van der Waals surface area (Å²) in [5.74, 6) is 0.905. The van der Waals surface area contributed by atoms with E-state index in [0.29, 0.717) is 19.3 Å². The standard InChI is InChI=1S/C14H22N2O2/c1-17-13-6-7-16(11-13)8-9-18-14-5-3-2-4-12(14)10-15/h2-5,13H,6-11,15H2,1H3. The number of hydrogen-bond donors (Lipinski definition) is 1. The molecule has 4 heteroatoms. The summed E-state index contributed by atoms with van der Waals surface area (Å²) in [4.78, 5) is 2.37. The van der Waals surface area contributed by atoms with Crippen molar-refractivity contribution in [1.82, 2.24) is 4.90 Å². The molecule has 18 heavy (non-hydrogen) atoms. The molecular weight excluding hydrogens is 228 g/mol. The first kappa shape index (κ1) is 13.3. The van der Waals surface area contributed by atoms with Crippen LogP contribution >= 0.6 is 0 Å². The minimum Gasteiger partial charge on any atom is -0.492 e. The van der Waals surface area contributed by atoms with Gasteiger partial charge in [-0.15, -0.1) is 0 Å². The predicted octanol–water partition coefficient (Wildman–Crippen LogP) is 1.24. The third-order valence-corrected chi connectivity index (χ3v) is 3.42. The third kappa shape index (κ3) is 3.45. The molecule has 1 unspecified atom stereocenters. The van der Waals surface area contributed by atoms with E-state index in [9.17, 15) is 0 Å². The van der Waals surface area contributed by atoms with E-state index in [-0.39, 0.29) is 0 Å². The first-order valence-corrected chi connectivity index (χ1v) is 6.49. The summed E-state index contributed by atoms with van der Waals surface area (Å²) in [7, 11) is 1.78. The van der Waals surface area contributed by atoms with Crippen molar-refractivity contribution in [1.29, 1.82) is 0 Å². The van der Waals surface area contributed by atoms with E-state index in [4.69, 9.17) is 15.2 Å². The van der Waals surface area contributed by atoms with Crippen molar-refractivity contribution < 1.29 is 9.47 Å². The third-order valence-electron chi connectivity index (χ3n) is 3.42. The molecule has 0 aromatic heterocycles. The molecule has 0 amide bonds. The molecule has 0 bridgehead atoms. The first-order valence-electron chi connectivity index (χ1n) is 6.49. The van der Waals surface area contributed by atoms with Gasteiger partial charge in [-0.25, -0.2) is 0 Å². The van der Waals surface area contributed by atoms with Gasteiger partial charge in [-0.1, -0.05) is 18.2 Å². The average molecular weight is 250 g/mol. The monoisotopic (exact) mass is 250 g/mol. The van der Waals surface area contributed by atoms with Crippen LogP contribution < -0.4 is 10.5 Å². The van der Waals surface area contributed by atoms with E-state index >= 15 is 0 Å². The van der Waals surface area contributed by atoms with Gasteiger partial charge in [0.15, 0.2) is 0 Å². The molecular formula is C14H22N2O2. The van der Waals surface area contributed by atoms with Gasteiger partial charge in [0, 0.05) is 38.9 Å². The second-order valence-corrected chi connectivity index (χ2v) is 4.61. The van der Waals surface area contributed by atoms with Gasteiger partial charge in [0.05, 0.1) is 6.10 Å². The Kier molecular flexibility index (Phi) is 4.99. The van der Waals surface area contributed by atoms with Crippen LogP contribution in [0, 0.1) is 0 Å². The molecule has 2 N–H and O–H groups in total. The maximum absolute atomic E-state index is 5.80. The van der Waals surface area contributed by atoms with Crippen LogP contribution in [0.5, 0.6) is 5.75 Å². The van der Waals surface area contributed by atoms with Gasteiger partial charge in [0.25, 0.3) is 0 Å². The van der Waals surface area contributed by atoms with Crippen molar-refractivity contribution in [2.45, 2.75) is 19.1 Å². The summed E-state index contributed by atoms with van der Waals surface area (Å²) in [6.45, 7) is 4.27. The van der Waals surface area contributed by atoms with E-state index in [0.717, 1.165) is 37.4 Å². The smallest absolute Gasteiger partial charge is 0.123 e. The lowest BCUT2D eigenvalue weighted by Gasteiger charge is -2.16. The van der Waals surface area contributed by atoms with Crippen LogP contribution in [0.15, 0.2) is 24.3 Å². The van der Waals surface area contributed by atoms with E-state index in [2.05, 4.69) is 4.90 Å². The molecule has 1 aromatic rings. The minimum atomic E-state index is 0.390. The van der Waals surface area contributed by atoms with E-state index in [1.54, 1.807) is 7.11 Å². The van der Waals surface area contributed by atoms with Gasteiger partial charge in [-0.05, 0) is 12.5 Å². The Morgan fingerprint density at radius 3 is 2.94 bits per heavy atom. The SMILES string of the molecule is COC1CCN(CCOc2ccccc2CN)C1. The van der Waals surface area contributed by atoms with E-state index in [1.165, 1.54) is 0 Å². The molecule has 1 aromatic carbocycles. The van der Waals surface area contributed by atoms with Crippen molar-refractivity contribution in [3.05, 3.63) is 29.8 Å². The zero-order valence-electron chi connectivity index (χ0n) is 11.0. The van der Waals surface area contributed by atoms with Crippen molar-refractivity contribution >= 4 is 0 Å². The maximum atomic E-state index is 5.80. The number of nitrogens with zero attached hydrogens (tertiary/aromatic N) is 1. The quantitative estimate of drug-likeness (QED) is 0.825. The molecule has 0 spiro atoms. The number of rotatable bonds is 6. The molecule has 0 radical (unpaired) electrons. The van der Waals surface area contributed by atoms with Gasteiger partial charge in [0.1, 0.15) is 12.4 Å². The lowest BCUT2D eigenvalue weighted by Crippen LogP contribution is -2.27. The maximum Gasteiger partial charge on any atom is 0.123 e. The van der Waals surface area contributed by atoms with Gasteiger partial charge in [0.2, 0.25) is 0 Å². The second kappa shape index (κ2) is 6.73. The Labute approximate surface area is 109 Å². The van der Waals surface area contributed by atoms with Crippen LogP contribution in [0.25, 0.3) is 0 Å². The number of ether oxygens (including phenoxy) is 2. The predicted molar refractivity (Wildman–Crippen MR) is 71.7 cm³/mol. The number of benzene rings is 1. The van der Waals surface area contributed by atoms with Gasteiger partial charge < -0.3 is 15.2 Å². The van der Waals surface area contributed by atoms with Gasteiger partial charge >= 0.3 is 0 Å². The van der Waals surface area contributed by atoms with Crippen LogP contribution in [0.4, 0.5) is 0 Å². The molecule has 1 heterocycles. The summed E-state index contributed by atoms with van der Waals surface area (Å²) in [5, 5.41) is 0. The lowest BCUT2D eigenvalue weighted by molar-refractivity contribution is 0.106. The fraction of sp³-hybridized carbons (Fsp3) is 0.571. The topological polar surface area (TPSA) is 47.7 Å². The summed E-state index contributed by atoms with van der Waals surface area (Å²) in [6, 6.07) is 7.94. The van der Waals surface area contributed by atoms with Crippen LogP contribution in [0.3, 0.4) is 0 Å². The summed E-state index contributed by atoms with van der Waals surface area (Å²) >= 11 is 0. The minimum absolute atomic E-state index is 0.390. The number of nitrogens with two attached hydrogens (primary N) is 1. The molecule has 2 rings (SSSR count). The molecule has 1 atom stereocenters. The van der Waals surface area contributed by atoms with Crippen molar-refractivity contribution in [3.63, 3.8) is 0 Å². The van der Waals surface area contributed by atoms with Crippen molar-refractivity contribution in [2.24, 2.45) is 5.73 Å². The van der Waals surface area contributed by atoms with Crippen LogP contribution in [0.2, 0.25) is 0 Å². The normalized spacial score (nSPS) is 20.2. The molecule has 4 nitrogen and oxygen atoms in total. The van der Waals surface area contributed by atoms with E-state index in [1.807, 2.05) is 24.3 Å². The molecule has 100 valence electrons. The van der Waals surface area contributed by atoms with Gasteiger partial charge in [-0.3, -0.25) is 4.90 Å². The highest BCUT2D eigenvalue weighted by molar-refractivity contribution is 5.32. The summed E-state index contributed by atoms with van der Waals surface area (Å²) in [5.41, 5.74) is 6.74. The first-order chi connectivity index (χ1) is 8.83. The van der Waals surface area contributed by atoms with Crippen molar-refractivity contribution in [2.75, 3.05) is 33.4 Å². The number of para-hydroxylation sites is 1. The van der Waals surface area contributed by atoms with Gasteiger partial charge in [-0.2, -0.15) is 0 Å². The number of hydrogen-bond acceptors (Lipinski definition) is 4. The molecule has 0 saturated carbocycles. The fourth-order valence-corrected chi connectivity index (χ4v) is 2.29. The number of likely N-dealkylation sites (tertiary alicyclic amines) is 1. The molecule has 1 fully saturated rings. The highest BCUT2D eigenvalue weighted by Crippen LogP contribution is 2.17. The molecule has 1 aliphatic heterocycles. The van der Waals surface area contributed by atoms with Crippen LogP contribution in [-0.2, 0) is 11.3 Å². The van der Waals surface area contributed by atoms with Crippen LogP contribution in [0.1, 0.15) is 12.0 Å². The number of methoxy groups -OCH3 is 1.